The quantitative estimate of drug-likeness (QED) is 0.891. The molecule has 0 aliphatic rings. The lowest BCUT2D eigenvalue weighted by atomic mass is 10.2. The summed E-state index contributed by atoms with van der Waals surface area (Å²) in [6.07, 6.45) is 1.74. The summed E-state index contributed by atoms with van der Waals surface area (Å²) in [5, 5.41) is 0.675. The molecule has 0 aliphatic heterocycles. The third-order valence-electron chi connectivity index (χ3n) is 2.25. The molecule has 3 N–H and O–H groups in total. The molecule has 0 saturated carbocycles. The van der Waals surface area contributed by atoms with Gasteiger partial charge in [-0.25, -0.2) is 4.98 Å². The van der Waals surface area contributed by atoms with Crippen LogP contribution in [0.25, 0.3) is 11.3 Å². The van der Waals surface area contributed by atoms with Gasteiger partial charge in [-0.1, -0.05) is 33.6 Å². The number of H-pyrrole nitrogens is 1. The molecule has 84 valence electrons. The Bertz CT molecular complexity index is 508. The van der Waals surface area contributed by atoms with Crippen LogP contribution in [0.3, 0.4) is 0 Å². The summed E-state index contributed by atoms with van der Waals surface area (Å²) in [5.74, 6) is 0.758. The molecule has 1 aromatic carbocycles. The van der Waals surface area contributed by atoms with E-state index in [4.69, 9.17) is 17.3 Å². The van der Waals surface area contributed by atoms with E-state index in [0.29, 0.717) is 5.02 Å². The highest BCUT2D eigenvalue weighted by Crippen LogP contribution is 2.29. The molecule has 3 nitrogen and oxygen atoms in total. The smallest absolute Gasteiger partial charge is 0.123 e. The average Bonchev–Trinajstić information content (AvgIpc) is 2.66. The van der Waals surface area contributed by atoms with Crippen LogP contribution in [0, 0.1) is 0 Å². The summed E-state index contributed by atoms with van der Waals surface area (Å²) in [6.45, 7) is 1.88. The highest BCUT2D eigenvalue weighted by molar-refractivity contribution is 9.10. The Hall–Kier alpha value is -0.840. The number of imidazole rings is 1. The summed E-state index contributed by atoms with van der Waals surface area (Å²) in [6, 6.07) is 5.62. The summed E-state index contributed by atoms with van der Waals surface area (Å²) < 4.78 is 0.952. The van der Waals surface area contributed by atoms with Crippen molar-refractivity contribution < 1.29 is 0 Å². The molecule has 1 heterocycles. The van der Waals surface area contributed by atoms with Crippen LogP contribution in [0.1, 0.15) is 18.8 Å². The van der Waals surface area contributed by atoms with Crippen molar-refractivity contribution in [3.63, 3.8) is 0 Å². The number of nitrogens with one attached hydrogen (secondary N) is 1. The number of halogens is 2. The van der Waals surface area contributed by atoms with E-state index in [1.54, 1.807) is 6.20 Å². The fraction of sp³-hybridized carbons (Fsp3) is 0.182. The summed E-state index contributed by atoms with van der Waals surface area (Å²) in [4.78, 5) is 7.36. The number of nitrogens with zero attached hydrogens (tertiary/aromatic N) is 1. The molecule has 2 rings (SSSR count). The molecule has 0 bridgehead atoms. The Morgan fingerprint density at radius 1 is 1.50 bits per heavy atom. The lowest BCUT2D eigenvalue weighted by Gasteiger charge is -2.02. The molecule has 1 atom stereocenters. The van der Waals surface area contributed by atoms with E-state index in [1.807, 2.05) is 25.1 Å². The maximum Gasteiger partial charge on any atom is 0.123 e. The molecule has 0 saturated heterocycles. The lowest BCUT2D eigenvalue weighted by molar-refractivity contribution is 0.756. The first-order valence-electron chi connectivity index (χ1n) is 4.84. The molecule has 5 heteroatoms. The lowest BCUT2D eigenvalue weighted by Crippen LogP contribution is -2.06. The predicted molar refractivity (Wildman–Crippen MR) is 69.3 cm³/mol. The fourth-order valence-electron chi connectivity index (χ4n) is 1.41. The van der Waals surface area contributed by atoms with E-state index >= 15 is 0 Å². The highest BCUT2D eigenvalue weighted by atomic mass is 79.9. The maximum absolute atomic E-state index is 6.14. The zero-order valence-electron chi connectivity index (χ0n) is 8.67. The Kier molecular flexibility index (Phi) is 3.33. The van der Waals surface area contributed by atoms with E-state index in [1.165, 1.54) is 0 Å². The van der Waals surface area contributed by atoms with Gasteiger partial charge >= 0.3 is 0 Å². The number of hydrogen-bond acceptors (Lipinski definition) is 2. The van der Waals surface area contributed by atoms with Gasteiger partial charge in [-0.3, -0.25) is 0 Å². The maximum atomic E-state index is 6.14. The molecule has 16 heavy (non-hydrogen) atoms. The zero-order chi connectivity index (χ0) is 11.7. The second kappa shape index (κ2) is 4.57. The first-order chi connectivity index (χ1) is 7.58. The van der Waals surface area contributed by atoms with Gasteiger partial charge in [-0.15, -0.1) is 0 Å². The van der Waals surface area contributed by atoms with Crippen LogP contribution in [0.2, 0.25) is 5.02 Å². The zero-order valence-corrected chi connectivity index (χ0v) is 11.0. The third kappa shape index (κ3) is 2.29. The fourth-order valence-corrected chi connectivity index (χ4v) is 2.19. The van der Waals surface area contributed by atoms with Crippen LogP contribution in [0.15, 0.2) is 28.9 Å². The van der Waals surface area contributed by atoms with E-state index in [-0.39, 0.29) is 6.04 Å². The van der Waals surface area contributed by atoms with E-state index in [0.717, 1.165) is 21.6 Å². The van der Waals surface area contributed by atoms with Gasteiger partial charge in [0.1, 0.15) is 5.82 Å². The number of aromatic amines is 1. The number of hydrogen-bond donors (Lipinski definition) is 2. The molecular weight excluding hydrogens is 289 g/mol. The van der Waals surface area contributed by atoms with Crippen LogP contribution >= 0.6 is 27.5 Å². The Morgan fingerprint density at radius 3 is 2.81 bits per heavy atom. The average molecular weight is 301 g/mol. The highest BCUT2D eigenvalue weighted by Gasteiger charge is 2.09. The van der Waals surface area contributed by atoms with Crippen molar-refractivity contribution >= 4 is 27.5 Å². The van der Waals surface area contributed by atoms with Gasteiger partial charge in [-0.2, -0.15) is 0 Å². The first-order valence-corrected chi connectivity index (χ1v) is 6.01. The van der Waals surface area contributed by atoms with Crippen molar-refractivity contribution in [2.24, 2.45) is 5.73 Å². The van der Waals surface area contributed by atoms with Gasteiger partial charge in [0, 0.05) is 10.0 Å². The first kappa shape index (κ1) is 11.6. The van der Waals surface area contributed by atoms with Crippen molar-refractivity contribution in [3.05, 3.63) is 39.7 Å². The van der Waals surface area contributed by atoms with Gasteiger partial charge in [0.2, 0.25) is 0 Å². The van der Waals surface area contributed by atoms with Crippen molar-refractivity contribution in [2.75, 3.05) is 0 Å². The third-order valence-corrected chi connectivity index (χ3v) is 3.05. The minimum absolute atomic E-state index is 0.108. The molecule has 1 unspecified atom stereocenters. The van der Waals surface area contributed by atoms with Crippen LogP contribution in [0.4, 0.5) is 0 Å². The number of nitrogens with two attached hydrogens (primary N) is 1. The van der Waals surface area contributed by atoms with E-state index < -0.39 is 0 Å². The summed E-state index contributed by atoms with van der Waals surface area (Å²) >= 11 is 9.51. The van der Waals surface area contributed by atoms with Crippen LogP contribution in [-0.4, -0.2) is 9.97 Å². The predicted octanol–water partition coefficient (Wildman–Crippen LogP) is 3.51. The molecule has 1 aromatic heterocycles. The standard InChI is InChI=1S/C11H11BrClN3/c1-6(14)11-15-5-10(16-11)8-3-2-7(12)4-9(8)13/h2-6H,14H2,1H3,(H,15,16). The molecule has 0 radical (unpaired) electrons. The second-order valence-corrected chi connectivity index (χ2v) is 4.92. The van der Waals surface area contributed by atoms with E-state index in [9.17, 15) is 0 Å². The van der Waals surface area contributed by atoms with Crippen molar-refractivity contribution in [1.82, 2.24) is 9.97 Å². The number of aromatic nitrogens is 2. The second-order valence-electron chi connectivity index (χ2n) is 3.59. The van der Waals surface area contributed by atoms with Gasteiger partial charge in [0.25, 0.3) is 0 Å². The van der Waals surface area contributed by atoms with Crippen molar-refractivity contribution in [3.8, 4) is 11.3 Å². The Labute approximate surface area is 107 Å². The molecule has 0 fully saturated rings. The summed E-state index contributed by atoms with van der Waals surface area (Å²) in [7, 11) is 0. The largest absolute Gasteiger partial charge is 0.341 e. The van der Waals surface area contributed by atoms with Gasteiger partial charge in [-0.05, 0) is 19.1 Å². The number of benzene rings is 1. The SMILES string of the molecule is CC(N)c1ncc(-c2ccc(Br)cc2Cl)[nH]1. The molecule has 0 spiro atoms. The van der Waals surface area contributed by atoms with E-state index in [2.05, 4.69) is 25.9 Å². The number of rotatable bonds is 2. The Balaban J connectivity index is 2.42. The monoisotopic (exact) mass is 299 g/mol. The summed E-state index contributed by atoms with van der Waals surface area (Å²) in [5.41, 5.74) is 7.53. The minimum atomic E-state index is -0.108. The molecular formula is C11H11BrClN3. The van der Waals surface area contributed by atoms with Crippen LogP contribution in [0.5, 0.6) is 0 Å². The topological polar surface area (TPSA) is 54.7 Å². The van der Waals surface area contributed by atoms with Crippen LogP contribution < -0.4 is 5.73 Å². The normalized spacial score (nSPS) is 12.8. The van der Waals surface area contributed by atoms with Crippen molar-refractivity contribution in [1.29, 1.82) is 0 Å². The molecule has 0 aliphatic carbocycles. The van der Waals surface area contributed by atoms with Gasteiger partial charge in [0.05, 0.1) is 23.0 Å². The van der Waals surface area contributed by atoms with Crippen molar-refractivity contribution in [2.45, 2.75) is 13.0 Å². The van der Waals surface area contributed by atoms with Crippen LogP contribution in [-0.2, 0) is 0 Å². The van der Waals surface area contributed by atoms with Gasteiger partial charge in [0.15, 0.2) is 0 Å². The Morgan fingerprint density at radius 2 is 2.25 bits per heavy atom. The molecule has 0 amide bonds. The molecule has 2 aromatic rings. The van der Waals surface area contributed by atoms with Gasteiger partial charge < -0.3 is 10.7 Å². The minimum Gasteiger partial charge on any atom is -0.341 e.